The topological polar surface area (TPSA) is 39.7 Å². The van der Waals surface area contributed by atoms with E-state index < -0.39 is 0 Å². The third kappa shape index (κ3) is 3.07. The lowest BCUT2D eigenvalue weighted by Gasteiger charge is -2.28. The second kappa shape index (κ2) is 6.91. The number of pyridine rings is 1. The Morgan fingerprint density at radius 3 is 2.88 bits per heavy atom. The maximum absolute atomic E-state index is 13.3. The van der Waals surface area contributed by atoms with Crippen molar-refractivity contribution in [3.63, 3.8) is 0 Å². The quantitative estimate of drug-likeness (QED) is 0.756. The van der Waals surface area contributed by atoms with Gasteiger partial charge in [0, 0.05) is 50.1 Å². The van der Waals surface area contributed by atoms with Crippen LogP contribution in [0.5, 0.6) is 0 Å². The zero-order valence-corrected chi connectivity index (χ0v) is 16.7. The fourth-order valence-corrected chi connectivity index (χ4v) is 4.40. The molecule has 2 aliphatic heterocycles. The minimum Gasteiger partial charge on any atom is -0.366 e. The summed E-state index contributed by atoms with van der Waals surface area (Å²) in [5, 5.41) is 0. The summed E-state index contributed by atoms with van der Waals surface area (Å²) in [7, 11) is 3.84. The summed E-state index contributed by atoms with van der Waals surface area (Å²) in [6.07, 6.45) is 3.73. The molecule has 1 unspecified atom stereocenters. The van der Waals surface area contributed by atoms with Crippen LogP contribution in [0.1, 0.15) is 22.3 Å². The number of hydrogen-bond acceptors (Lipinski definition) is 4. The van der Waals surface area contributed by atoms with Gasteiger partial charge in [0.25, 0.3) is 5.91 Å². The van der Waals surface area contributed by atoms with Crippen LogP contribution in [0.2, 0.25) is 0 Å². The van der Waals surface area contributed by atoms with E-state index in [2.05, 4.69) is 50.1 Å². The van der Waals surface area contributed by atoms with Crippen molar-refractivity contribution < 1.29 is 4.79 Å². The summed E-state index contributed by atoms with van der Waals surface area (Å²) >= 11 is 3.46. The van der Waals surface area contributed by atoms with Gasteiger partial charge in [0.05, 0.1) is 11.6 Å². The van der Waals surface area contributed by atoms with Crippen LogP contribution in [-0.2, 0) is 6.42 Å². The van der Waals surface area contributed by atoms with Gasteiger partial charge in [-0.2, -0.15) is 0 Å². The largest absolute Gasteiger partial charge is 0.366 e. The zero-order valence-electron chi connectivity index (χ0n) is 15.2. The number of anilines is 2. The lowest BCUT2D eigenvalue weighted by molar-refractivity contribution is 0.0756. The van der Waals surface area contributed by atoms with Gasteiger partial charge in [0.1, 0.15) is 5.82 Å². The molecule has 3 heterocycles. The van der Waals surface area contributed by atoms with Crippen molar-refractivity contribution in [2.75, 3.05) is 43.5 Å². The van der Waals surface area contributed by atoms with Crippen LogP contribution < -0.4 is 9.80 Å². The van der Waals surface area contributed by atoms with Crippen LogP contribution >= 0.6 is 15.9 Å². The molecule has 1 aromatic heterocycles. The van der Waals surface area contributed by atoms with E-state index in [-0.39, 0.29) is 5.91 Å². The highest BCUT2D eigenvalue weighted by Gasteiger charge is 2.34. The second-order valence-corrected chi connectivity index (χ2v) is 8.12. The number of para-hydroxylation sites is 1. The van der Waals surface area contributed by atoms with E-state index in [1.54, 1.807) is 6.20 Å². The number of benzene rings is 1. The molecule has 136 valence electrons. The highest BCUT2D eigenvalue weighted by molar-refractivity contribution is 9.10. The molecule has 6 heteroatoms. The molecule has 2 aliphatic rings. The van der Waals surface area contributed by atoms with E-state index in [4.69, 9.17) is 0 Å². The van der Waals surface area contributed by atoms with Gasteiger partial charge in [-0.3, -0.25) is 4.79 Å². The molecule has 1 aromatic carbocycles. The first kappa shape index (κ1) is 17.3. The summed E-state index contributed by atoms with van der Waals surface area (Å²) in [6.45, 7) is 2.54. The Bertz CT molecular complexity index is 838. The molecule has 0 saturated carbocycles. The van der Waals surface area contributed by atoms with Crippen molar-refractivity contribution in [1.29, 1.82) is 0 Å². The standard InChI is InChI=1S/C20H23BrN4O/c1-23(2)19-17(11-15(21)12-22-19)20(26)24-8-5-9-25-16(13-24)10-14-6-3-4-7-18(14)25/h3-4,6-7,11-12,16H,5,8-10,13H2,1-2H3. The van der Waals surface area contributed by atoms with E-state index in [0.29, 0.717) is 17.4 Å². The predicted octanol–water partition coefficient (Wildman–Crippen LogP) is 3.19. The maximum Gasteiger partial charge on any atom is 0.257 e. The fraction of sp³-hybridized carbons (Fsp3) is 0.400. The van der Waals surface area contributed by atoms with E-state index in [1.165, 1.54) is 11.3 Å². The molecule has 1 amide bonds. The van der Waals surface area contributed by atoms with Crippen LogP contribution in [0.25, 0.3) is 0 Å². The Hall–Kier alpha value is -2.08. The number of hydrogen-bond donors (Lipinski definition) is 0. The van der Waals surface area contributed by atoms with E-state index in [0.717, 1.165) is 36.9 Å². The minimum atomic E-state index is 0.0697. The molecule has 4 rings (SSSR count). The molecule has 2 aromatic rings. The number of carbonyl (C=O) groups excluding carboxylic acids is 1. The number of nitrogens with zero attached hydrogens (tertiary/aromatic N) is 4. The average Bonchev–Trinajstić information content (AvgIpc) is 2.83. The molecule has 0 spiro atoms. The van der Waals surface area contributed by atoms with Gasteiger partial charge in [-0.25, -0.2) is 4.98 Å². The molecule has 5 nitrogen and oxygen atoms in total. The first-order valence-electron chi connectivity index (χ1n) is 9.01. The smallest absolute Gasteiger partial charge is 0.257 e. The summed E-state index contributed by atoms with van der Waals surface area (Å²) in [5.74, 6) is 0.786. The molecule has 0 radical (unpaired) electrons. The SMILES string of the molecule is CN(C)c1ncc(Br)cc1C(=O)N1CCCN2c3ccccc3CC2C1. The van der Waals surface area contributed by atoms with Crippen molar-refractivity contribution >= 4 is 33.3 Å². The number of halogens is 1. The van der Waals surface area contributed by atoms with Gasteiger partial charge in [-0.15, -0.1) is 0 Å². The van der Waals surface area contributed by atoms with E-state index in [9.17, 15) is 4.79 Å². The van der Waals surface area contributed by atoms with Gasteiger partial charge in [-0.05, 0) is 46.5 Å². The highest BCUT2D eigenvalue weighted by Crippen LogP contribution is 2.34. The number of amides is 1. The lowest BCUT2D eigenvalue weighted by Crippen LogP contribution is -2.41. The van der Waals surface area contributed by atoms with Gasteiger partial charge in [-0.1, -0.05) is 18.2 Å². The molecule has 1 atom stereocenters. The van der Waals surface area contributed by atoms with Crippen LogP contribution in [0, 0.1) is 0 Å². The molecule has 0 aliphatic carbocycles. The third-order valence-corrected chi connectivity index (χ3v) is 5.66. The van der Waals surface area contributed by atoms with E-state index >= 15 is 0 Å². The first-order chi connectivity index (χ1) is 12.5. The monoisotopic (exact) mass is 414 g/mol. The number of fused-ring (bicyclic) bond motifs is 3. The summed E-state index contributed by atoms with van der Waals surface area (Å²) in [4.78, 5) is 24.1. The summed E-state index contributed by atoms with van der Waals surface area (Å²) in [5.41, 5.74) is 3.39. The Kier molecular flexibility index (Phi) is 4.61. The Morgan fingerprint density at radius 2 is 2.08 bits per heavy atom. The van der Waals surface area contributed by atoms with Crippen molar-refractivity contribution in [2.24, 2.45) is 0 Å². The van der Waals surface area contributed by atoms with Crippen LogP contribution in [0.4, 0.5) is 11.5 Å². The minimum absolute atomic E-state index is 0.0697. The van der Waals surface area contributed by atoms with Crippen molar-refractivity contribution in [2.45, 2.75) is 18.9 Å². The molecular weight excluding hydrogens is 392 g/mol. The molecule has 26 heavy (non-hydrogen) atoms. The van der Waals surface area contributed by atoms with Crippen molar-refractivity contribution in [3.8, 4) is 0 Å². The Balaban J connectivity index is 1.60. The summed E-state index contributed by atoms with van der Waals surface area (Å²) in [6, 6.07) is 10.9. The number of aromatic nitrogens is 1. The van der Waals surface area contributed by atoms with Gasteiger partial charge in [0.2, 0.25) is 0 Å². The molecule has 0 N–H and O–H groups in total. The first-order valence-corrected chi connectivity index (χ1v) is 9.80. The van der Waals surface area contributed by atoms with Gasteiger partial charge >= 0.3 is 0 Å². The van der Waals surface area contributed by atoms with Crippen LogP contribution in [0.15, 0.2) is 41.0 Å². The highest BCUT2D eigenvalue weighted by atomic mass is 79.9. The van der Waals surface area contributed by atoms with Crippen molar-refractivity contribution in [3.05, 3.63) is 52.1 Å². The van der Waals surface area contributed by atoms with Gasteiger partial charge in [0.15, 0.2) is 0 Å². The second-order valence-electron chi connectivity index (χ2n) is 7.20. The van der Waals surface area contributed by atoms with Crippen LogP contribution in [0.3, 0.4) is 0 Å². The summed E-state index contributed by atoms with van der Waals surface area (Å²) < 4.78 is 0.830. The maximum atomic E-state index is 13.3. The Morgan fingerprint density at radius 1 is 1.27 bits per heavy atom. The third-order valence-electron chi connectivity index (χ3n) is 5.23. The normalized spacial score (nSPS) is 19.0. The lowest BCUT2D eigenvalue weighted by atomic mass is 10.1. The van der Waals surface area contributed by atoms with E-state index in [1.807, 2.05) is 30.0 Å². The molecule has 0 bridgehead atoms. The average molecular weight is 415 g/mol. The number of carbonyl (C=O) groups is 1. The Labute approximate surface area is 162 Å². The molecule has 1 fully saturated rings. The predicted molar refractivity (Wildman–Crippen MR) is 108 cm³/mol. The van der Waals surface area contributed by atoms with Gasteiger partial charge < -0.3 is 14.7 Å². The fourth-order valence-electron chi connectivity index (χ4n) is 4.07. The van der Waals surface area contributed by atoms with Crippen LogP contribution in [-0.4, -0.2) is 55.6 Å². The molecule has 1 saturated heterocycles. The number of rotatable bonds is 2. The molecular formula is C20H23BrN4O. The zero-order chi connectivity index (χ0) is 18.3. The van der Waals surface area contributed by atoms with Crippen molar-refractivity contribution in [1.82, 2.24) is 9.88 Å².